The fraction of sp³-hybridized carbons (Fsp3) is 0.600. The largest absolute Gasteiger partial charge is 0.506 e. The molecule has 0 aliphatic carbocycles. The minimum atomic E-state index is 0.177. The van der Waals surface area contributed by atoms with Gasteiger partial charge in [0.15, 0.2) is 0 Å². The molecular formula is C15H22Cl2N2O. The predicted octanol–water partition coefficient (Wildman–Crippen LogP) is 3.84. The predicted molar refractivity (Wildman–Crippen MR) is 84.8 cm³/mol. The molecule has 0 unspecified atom stereocenters. The lowest BCUT2D eigenvalue weighted by molar-refractivity contribution is 0.160. The van der Waals surface area contributed by atoms with Crippen molar-refractivity contribution in [3.8, 4) is 5.75 Å². The van der Waals surface area contributed by atoms with Crippen molar-refractivity contribution < 1.29 is 5.11 Å². The molecule has 1 aliphatic heterocycles. The number of hydrogen-bond donors (Lipinski definition) is 2. The number of halogens is 2. The molecule has 2 rings (SSSR count). The first-order chi connectivity index (χ1) is 9.63. The Morgan fingerprint density at radius 3 is 2.65 bits per heavy atom. The van der Waals surface area contributed by atoms with E-state index < -0.39 is 0 Å². The van der Waals surface area contributed by atoms with Gasteiger partial charge < -0.3 is 10.4 Å². The van der Waals surface area contributed by atoms with E-state index in [1.54, 1.807) is 6.07 Å². The number of hydrogen-bond acceptors (Lipinski definition) is 3. The van der Waals surface area contributed by atoms with Crippen LogP contribution in [0.1, 0.15) is 37.8 Å². The number of nitrogens with zero attached hydrogens (tertiary/aromatic N) is 1. The van der Waals surface area contributed by atoms with Crippen LogP contribution >= 0.6 is 23.2 Å². The number of aromatic hydroxyl groups is 1. The number of nitrogens with one attached hydrogen (secondary N) is 1. The van der Waals surface area contributed by atoms with Crippen LogP contribution in [0.15, 0.2) is 12.1 Å². The zero-order valence-corrected chi connectivity index (χ0v) is 13.3. The summed E-state index contributed by atoms with van der Waals surface area (Å²) in [5, 5.41) is 14.6. The highest BCUT2D eigenvalue weighted by atomic mass is 35.5. The highest BCUT2D eigenvalue weighted by Gasteiger charge is 2.25. The molecule has 0 saturated carbocycles. The monoisotopic (exact) mass is 316 g/mol. The summed E-state index contributed by atoms with van der Waals surface area (Å²) < 4.78 is 0. The number of phenolic OH excluding ortho intramolecular Hbond substituents is 1. The molecule has 1 aliphatic rings. The second kappa shape index (κ2) is 7.51. The lowest BCUT2D eigenvalue weighted by atomic mass is 9.98. The van der Waals surface area contributed by atoms with Gasteiger partial charge in [-0.25, -0.2) is 0 Å². The van der Waals surface area contributed by atoms with Gasteiger partial charge >= 0.3 is 0 Å². The maximum absolute atomic E-state index is 10.3. The van der Waals surface area contributed by atoms with Crippen LogP contribution in [0.5, 0.6) is 5.75 Å². The Hall–Kier alpha value is -0.480. The van der Waals surface area contributed by atoms with Crippen molar-refractivity contribution in [1.82, 2.24) is 10.2 Å². The molecule has 0 spiro atoms. The first-order valence-electron chi connectivity index (χ1n) is 7.26. The zero-order chi connectivity index (χ0) is 14.5. The molecule has 1 heterocycles. The second-order valence-electron chi connectivity index (χ2n) is 5.27. The van der Waals surface area contributed by atoms with Crippen molar-refractivity contribution in [2.24, 2.45) is 0 Å². The zero-order valence-electron chi connectivity index (χ0n) is 11.8. The Bertz CT molecular complexity index is 448. The van der Waals surface area contributed by atoms with Gasteiger partial charge in [0, 0.05) is 42.8 Å². The van der Waals surface area contributed by atoms with Crippen molar-refractivity contribution in [1.29, 1.82) is 0 Å². The van der Waals surface area contributed by atoms with E-state index >= 15 is 0 Å². The first-order valence-corrected chi connectivity index (χ1v) is 8.01. The van der Waals surface area contributed by atoms with Gasteiger partial charge in [-0.05, 0) is 18.6 Å². The van der Waals surface area contributed by atoms with Crippen LogP contribution in [-0.2, 0) is 0 Å². The van der Waals surface area contributed by atoms with Crippen LogP contribution in [0, 0.1) is 0 Å². The summed E-state index contributed by atoms with van der Waals surface area (Å²) in [6.45, 7) is 6.12. The molecule has 1 fully saturated rings. The van der Waals surface area contributed by atoms with E-state index in [9.17, 15) is 5.11 Å². The summed E-state index contributed by atoms with van der Waals surface area (Å²) in [4.78, 5) is 2.41. The van der Waals surface area contributed by atoms with Crippen LogP contribution in [0.3, 0.4) is 0 Å². The number of rotatable bonds is 5. The standard InChI is InChI=1S/C15H22Cl2N2O/c1-2-3-4-14(19-7-5-18-6-8-19)12-9-11(16)10-13(17)15(12)20/h9-10,14,18,20H,2-8H2,1H3/t14-/m1/s1. The molecular weight excluding hydrogens is 295 g/mol. The summed E-state index contributed by atoms with van der Waals surface area (Å²) in [5.41, 5.74) is 0.859. The van der Waals surface area contributed by atoms with Crippen molar-refractivity contribution in [3.63, 3.8) is 0 Å². The van der Waals surface area contributed by atoms with Gasteiger partial charge in [-0.1, -0.05) is 43.0 Å². The number of phenols is 1. The number of benzene rings is 1. The van der Waals surface area contributed by atoms with Gasteiger partial charge in [0.05, 0.1) is 5.02 Å². The third kappa shape index (κ3) is 3.79. The summed E-state index contributed by atoms with van der Waals surface area (Å²) in [6.07, 6.45) is 3.27. The normalized spacial score (nSPS) is 18.1. The van der Waals surface area contributed by atoms with Crippen LogP contribution in [0.4, 0.5) is 0 Å². The Kier molecular flexibility index (Phi) is 5.97. The molecule has 3 nitrogen and oxygen atoms in total. The van der Waals surface area contributed by atoms with Crippen molar-refractivity contribution >= 4 is 23.2 Å². The first kappa shape index (κ1) is 15.9. The molecule has 2 N–H and O–H groups in total. The Morgan fingerprint density at radius 1 is 1.30 bits per heavy atom. The lowest BCUT2D eigenvalue weighted by Gasteiger charge is -2.35. The van der Waals surface area contributed by atoms with E-state index in [2.05, 4.69) is 17.1 Å². The summed E-state index contributed by atoms with van der Waals surface area (Å²) in [6, 6.07) is 3.63. The van der Waals surface area contributed by atoms with Crippen molar-refractivity contribution in [3.05, 3.63) is 27.7 Å². The number of unbranched alkanes of at least 4 members (excludes halogenated alkanes) is 1. The van der Waals surface area contributed by atoms with Crippen LogP contribution in [-0.4, -0.2) is 36.2 Å². The topological polar surface area (TPSA) is 35.5 Å². The molecule has 0 radical (unpaired) electrons. The van der Waals surface area contributed by atoms with E-state index in [0.29, 0.717) is 10.0 Å². The summed E-state index contributed by atoms with van der Waals surface area (Å²) in [7, 11) is 0. The van der Waals surface area contributed by atoms with Gasteiger partial charge in [-0.15, -0.1) is 0 Å². The highest BCUT2D eigenvalue weighted by Crippen LogP contribution is 2.39. The molecule has 1 aromatic carbocycles. The van der Waals surface area contributed by atoms with Crippen molar-refractivity contribution in [2.75, 3.05) is 26.2 Å². The minimum absolute atomic E-state index is 0.177. The van der Waals surface area contributed by atoms with Crippen LogP contribution in [0.2, 0.25) is 10.0 Å². The fourth-order valence-corrected chi connectivity index (χ4v) is 3.28. The van der Waals surface area contributed by atoms with Gasteiger partial charge in [-0.2, -0.15) is 0 Å². The third-order valence-corrected chi connectivity index (χ3v) is 4.35. The van der Waals surface area contributed by atoms with E-state index in [0.717, 1.165) is 51.0 Å². The quantitative estimate of drug-likeness (QED) is 0.866. The summed E-state index contributed by atoms with van der Waals surface area (Å²) in [5.74, 6) is 0.177. The minimum Gasteiger partial charge on any atom is -0.506 e. The maximum Gasteiger partial charge on any atom is 0.139 e. The molecule has 0 aromatic heterocycles. The average molecular weight is 317 g/mol. The van der Waals surface area contributed by atoms with E-state index in [1.165, 1.54) is 0 Å². The molecule has 5 heteroatoms. The van der Waals surface area contributed by atoms with Gasteiger partial charge in [0.2, 0.25) is 0 Å². The maximum atomic E-state index is 10.3. The summed E-state index contributed by atoms with van der Waals surface area (Å²) >= 11 is 12.2. The second-order valence-corrected chi connectivity index (χ2v) is 6.11. The SMILES string of the molecule is CCCC[C@H](c1cc(Cl)cc(Cl)c1O)N1CCNCC1. The molecule has 20 heavy (non-hydrogen) atoms. The third-order valence-electron chi connectivity index (χ3n) is 3.84. The van der Waals surface area contributed by atoms with Crippen molar-refractivity contribution in [2.45, 2.75) is 32.2 Å². The molecule has 1 aromatic rings. The Labute approximate surface area is 130 Å². The highest BCUT2D eigenvalue weighted by molar-refractivity contribution is 6.35. The van der Waals surface area contributed by atoms with E-state index in [4.69, 9.17) is 23.2 Å². The van der Waals surface area contributed by atoms with Crippen LogP contribution < -0.4 is 5.32 Å². The fourth-order valence-electron chi connectivity index (χ4n) is 2.77. The lowest BCUT2D eigenvalue weighted by Crippen LogP contribution is -2.45. The molecule has 0 amide bonds. The Morgan fingerprint density at radius 2 is 2.00 bits per heavy atom. The van der Waals surface area contributed by atoms with E-state index in [1.807, 2.05) is 6.07 Å². The number of piperazine rings is 1. The van der Waals surface area contributed by atoms with Gasteiger partial charge in [-0.3, -0.25) is 4.90 Å². The van der Waals surface area contributed by atoms with Gasteiger partial charge in [0.1, 0.15) is 5.75 Å². The van der Waals surface area contributed by atoms with Crippen LogP contribution in [0.25, 0.3) is 0 Å². The molecule has 1 atom stereocenters. The smallest absolute Gasteiger partial charge is 0.139 e. The average Bonchev–Trinajstić information content (AvgIpc) is 2.45. The molecule has 112 valence electrons. The Balaban J connectivity index is 2.29. The molecule has 1 saturated heterocycles. The van der Waals surface area contributed by atoms with Gasteiger partial charge in [0.25, 0.3) is 0 Å². The van der Waals surface area contributed by atoms with E-state index in [-0.39, 0.29) is 11.8 Å². The molecule has 0 bridgehead atoms.